The number of benzene rings is 3. The molecule has 0 unspecified atom stereocenters. The van der Waals surface area contributed by atoms with E-state index < -0.39 is 23.4 Å². The number of imidazole rings is 2. The number of carbonyl (C=O) groups is 2. The van der Waals surface area contributed by atoms with Crippen LogP contribution in [0.4, 0.5) is 24.5 Å². The van der Waals surface area contributed by atoms with Crippen LogP contribution in [-0.2, 0) is 4.74 Å². The molecule has 5 rings (SSSR count). The Morgan fingerprint density at radius 1 is 0.780 bits per heavy atom. The van der Waals surface area contributed by atoms with Crippen LogP contribution < -0.4 is 16.4 Å². The van der Waals surface area contributed by atoms with E-state index in [0.717, 1.165) is 0 Å². The van der Waals surface area contributed by atoms with Gasteiger partial charge in [0.05, 0.1) is 29.0 Å². The minimum atomic E-state index is -0.539. The lowest BCUT2D eigenvalue weighted by Gasteiger charge is -2.13. The topological polar surface area (TPSA) is 129 Å². The average Bonchev–Trinajstić information content (AvgIpc) is 3.60. The lowest BCUT2D eigenvalue weighted by Crippen LogP contribution is -2.23. The van der Waals surface area contributed by atoms with Crippen molar-refractivity contribution in [1.82, 2.24) is 24.4 Å². The Kier molecular flexibility index (Phi) is 14.3. The molecule has 2 aromatic heterocycles. The molecule has 0 aliphatic heterocycles. The van der Waals surface area contributed by atoms with Gasteiger partial charge in [-0.3, -0.25) is 4.79 Å². The van der Waals surface area contributed by atoms with Crippen LogP contribution in [0.3, 0.4) is 0 Å². The third-order valence-corrected chi connectivity index (χ3v) is 8.26. The molecule has 5 aromatic rings. The van der Waals surface area contributed by atoms with Gasteiger partial charge in [-0.1, -0.05) is 47.8 Å². The number of esters is 1. The Labute approximate surface area is 313 Å². The fraction of sp³-hybridized carbons (Fsp3) is 0.353. The minimum absolute atomic E-state index is 0.0102. The fourth-order valence-corrected chi connectivity index (χ4v) is 6.18. The summed E-state index contributed by atoms with van der Waals surface area (Å²) < 4.78 is 51.1. The van der Waals surface area contributed by atoms with Gasteiger partial charge in [0.15, 0.2) is 17.5 Å². The first kappa shape index (κ1) is 40.8. The third-order valence-electron chi connectivity index (χ3n) is 6.89. The van der Waals surface area contributed by atoms with E-state index in [-0.39, 0.29) is 59.0 Å². The zero-order valence-electron chi connectivity index (χ0n) is 28.8. The van der Waals surface area contributed by atoms with Crippen molar-refractivity contribution in [2.75, 3.05) is 24.7 Å². The number of carbonyl (C=O) groups excluding carboxylic acids is 2. The van der Waals surface area contributed by atoms with Gasteiger partial charge >= 0.3 is 5.97 Å². The molecule has 270 valence electrons. The van der Waals surface area contributed by atoms with Crippen LogP contribution in [0.1, 0.15) is 81.8 Å². The Morgan fingerprint density at radius 3 is 1.66 bits per heavy atom. The maximum atomic E-state index is 13.9. The predicted molar refractivity (Wildman–Crippen MR) is 202 cm³/mol. The van der Waals surface area contributed by atoms with Crippen molar-refractivity contribution in [3.63, 3.8) is 0 Å². The second kappa shape index (κ2) is 17.5. The molecule has 0 aliphatic carbocycles. The quantitative estimate of drug-likeness (QED) is 0.110. The largest absolute Gasteiger partial charge is 0.460 e. The molecular weight excluding hydrogens is 851 g/mol. The highest BCUT2D eigenvalue weighted by atomic mass is 79.9. The SMILES string of the molecule is CC(C)Nc1cc(Br)cc(F)c1N.CCOC(=O)c1nc2c(F)cc(Br)cc2n1C(C)C.CNC(=O)c1nc2c(F)cc(Br)cc2n1C(C)C. The van der Waals surface area contributed by atoms with Crippen LogP contribution >= 0.6 is 47.8 Å². The first-order valence-corrected chi connectivity index (χ1v) is 17.9. The van der Waals surface area contributed by atoms with E-state index >= 15 is 0 Å². The predicted octanol–water partition coefficient (Wildman–Crippen LogP) is 9.56. The molecule has 16 heteroatoms. The average molecular weight is 890 g/mol. The minimum Gasteiger partial charge on any atom is -0.460 e. The molecule has 0 saturated heterocycles. The number of anilines is 2. The summed E-state index contributed by atoms with van der Waals surface area (Å²) in [5, 5.41) is 5.57. The molecule has 0 atom stereocenters. The lowest BCUT2D eigenvalue weighted by atomic mass is 10.2. The Balaban J connectivity index is 0.000000207. The van der Waals surface area contributed by atoms with E-state index in [1.165, 1.54) is 25.2 Å². The number of aromatic nitrogens is 4. The third kappa shape index (κ3) is 9.57. The van der Waals surface area contributed by atoms with Crippen molar-refractivity contribution in [2.24, 2.45) is 0 Å². The molecule has 0 bridgehead atoms. The lowest BCUT2D eigenvalue weighted by molar-refractivity contribution is 0.0505. The number of rotatable bonds is 7. The van der Waals surface area contributed by atoms with Gasteiger partial charge in [-0.05, 0) is 84.9 Å². The summed E-state index contributed by atoms with van der Waals surface area (Å²) in [6.45, 7) is 13.6. The monoisotopic (exact) mass is 887 g/mol. The van der Waals surface area contributed by atoms with Crippen molar-refractivity contribution >= 4 is 93.1 Å². The van der Waals surface area contributed by atoms with Gasteiger partial charge in [-0.25, -0.2) is 27.9 Å². The number of nitrogen functional groups attached to an aromatic ring is 1. The maximum absolute atomic E-state index is 13.9. The van der Waals surface area contributed by atoms with Gasteiger partial charge in [0.2, 0.25) is 5.82 Å². The van der Waals surface area contributed by atoms with Gasteiger partial charge in [0.25, 0.3) is 5.91 Å². The van der Waals surface area contributed by atoms with Crippen molar-refractivity contribution < 1.29 is 27.5 Å². The number of fused-ring (bicyclic) bond motifs is 2. The van der Waals surface area contributed by atoms with Gasteiger partial charge in [0.1, 0.15) is 16.9 Å². The number of ether oxygens (including phenoxy) is 1. The molecular formula is C34H39Br3F3N7O3. The van der Waals surface area contributed by atoms with Crippen LogP contribution in [0.25, 0.3) is 22.1 Å². The maximum Gasteiger partial charge on any atom is 0.374 e. The van der Waals surface area contributed by atoms with Crippen LogP contribution in [0.15, 0.2) is 49.8 Å². The van der Waals surface area contributed by atoms with Crippen LogP contribution in [-0.4, -0.2) is 50.7 Å². The summed E-state index contributed by atoms with van der Waals surface area (Å²) >= 11 is 9.70. The summed E-state index contributed by atoms with van der Waals surface area (Å²) in [4.78, 5) is 31.9. The van der Waals surface area contributed by atoms with E-state index in [2.05, 4.69) is 68.4 Å². The molecule has 0 saturated carbocycles. The molecule has 0 aliphatic rings. The molecule has 0 fully saturated rings. The molecule has 10 nitrogen and oxygen atoms in total. The number of nitrogens with one attached hydrogen (secondary N) is 2. The summed E-state index contributed by atoms with van der Waals surface area (Å²) in [5.74, 6) is -1.82. The van der Waals surface area contributed by atoms with E-state index in [1.807, 2.05) is 41.5 Å². The summed E-state index contributed by atoms with van der Waals surface area (Å²) in [5.41, 5.74) is 7.91. The highest BCUT2D eigenvalue weighted by Gasteiger charge is 2.23. The standard InChI is InChI=1S/C13H14BrFN2O2.C12H13BrFN3O.C9H12BrFN2/c1-4-19-13(18)12-16-11-9(15)5-8(14)6-10(11)17(12)7(2)3;1-6(2)17-9-5-7(13)4-8(14)10(9)16-11(17)12(18)15-3;1-5(2)13-8-4-6(10)3-7(11)9(8)12/h5-7H,4H2,1-3H3;4-6H,1-3H3,(H,15,18);3-5,13H,12H2,1-2H3. The molecule has 50 heavy (non-hydrogen) atoms. The second-order valence-electron chi connectivity index (χ2n) is 11.8. The highest BCUT2D eigenvalue weighted by Crippen LogP contribution is 2.29. The summed E-state index contributed by atoms with van der Waals surface area (Å²) in [7, 11) is 1.53. The van der Waals surface area contributed by atoms with E-state index in [1.54, 1.807) is 34.3 Å². The second-order valence-corrected chi connectivity index (χ2v) is 14.5. The van der Waals surface area contributed by atoms with E-state index in [0.29, 0.717) is 30.1 Å². The molecule has 0 spiro atoms. The van der Waals surface area contributed by atoms with E-state index in [9.17, 15) is 22.8 Å². The number of hydrogen-bond acceptors (Lipinski definition) is 7. The summed E-state index contributed by atoms with van der Waals surface area (Å²) in [6.07, 6.45) is 0. The van der Waals surface area contributed by atoms with Gasteiger partial charge in [-0.15, -0.1) is 0 Å². The van der Waals surface area contributed by atoms with Crippen molar-refractivity contribution in [1.29, 1.82) is 0 Å². The molecule has 2 heterocycles. The molecule has 4 N–H and O–H groups in total. The van der Waals surface area contributed by atoms with Gasteiger partial charge in [-0.2, -0.15) is 0 Å². The summed E-state index contributed by atoms with van der Waals surface area (Å²) in [6, 6.07) is 9.50. The molecule has 1 amide bonds. The smallest absolute Gasteiger partial charge is 0.374 e. The first-order chi connectivity index (χ1) is 23.4. The normalized spacial score (nSPS) is 11.1. The van der Waals surface area contributed by atoms with Gasteiger partial charge < -0.3 is 30.2 Å². The molecule has 3 aromatic carbocycles. The Bertz CT molecular complexity index is 2010. The van der Waals surface area contributed by atoms with Crippen molar-refractivity contribution in [2.45, 2.75) is 66.6 Å². The van der Waals surface area contributed by atoms with Crippen LogP contribution in [0.5, 0.6) is 0 Å². The molecule has 0 radical (unpaired) electrons. The number of nitrogens with zero attached hydrogens (tertiary/aromatic N) is 4. The van der Waals surface area contributed by atoms with Crippen molar-refractivity contribution in [3.05, 3.63) is 78.9 Å². The van der Waals surface area contributed by atoms with Crippen molar-refractivity contribution in [3.8, 4) is 0 Å². The Morgan fingerprint density at radius 2 is 1.22 bits per heavy atom. The fourth-order valence-electron chi connectivity index (χ4n) is 4.91. The number of hydrogen-bond donors (Lipinski definition) is 3. The number of nitrogens with two attached hydrogens (primary N) is 1. The number of halogens is 6. The van der Waals surface area contributed by atoms with Crippen LogP contribution in [0, 0.1) is 17.5 Å². The van der Waals surface area contributed by atoms with Crippen LogP contribution in [0.2, 0.25) is 0 Å². The highest BCUT2D eigenvalue weighted by molar-refractivity contribution is 9.11. The zero-order valence-corrected chi connectivity index (χ0v) is 33.5. The number of amides is 1. The Hall–Kier alpha value is -3.63. The zero-order chi connectivity index (χ0) is 37.6. The first-order valence-electron chi connectivity index (χ1n) is 15.6. The van der Waals surface area contributed by atoms with Gasteiger partial charge in [0, 0.05) is 38.6 Å². The van der Waals surface area contributed by atoms with E-state index in [4.69, 9.17) is 10.5 Å².